The molecule has 1 aromatic carbocycles. The lowest BCUT2D eigenvalue weighted by Gasteiger charge is -2.19. The molecule has 1 unspecified atom stereocenters. The minimum absolute atomic E-state index is 0.254. The number of fused-ring (bicyclic) bond motifs is 1. The quantitative estimate of drug-likeness (QED) is 0.598. The van der Waals surface area contributed by atoms with E-state index in [1.54, 1.807) is 30.3 Å². The van der Waals surface area contributed by atoms with Gasteiger partial charge in [0.05, 0.1) is 17.0 Å². The zero-order chi connectivity index (χ0) is 16.3. The molecule has 0 radical (unpaired) electrons. The number of carbonyl (C=O) groups excluding carboxylic acids is 3. The van der Waals surface area contributed by atoms with Gasteiger partial charge in [0.1, 0.15) is 0 Å². The molecular weight excluding hydrogens is 282 g/mol. The fraction of sp³-hybridized carbons (Fsp3) is 0.353. The van der Waals surface area contributed by atoms with Gasteiger partial charge in [-0.05, 0) is 30.9 Å². The topological polar surface area (TPSA) is 63.7 Å². The lowest BCUT2D eigenvalue weighted by Crippen LogP contribution is -2.35. The van der Waals surface area contributed by atoms with Crippen LogP contribution in [0.3, 0.4) is 0 Å². The van der Waals surface area contributed by atoms with E-state index < -0.39 is 23.7 Å². The summed E-state index contributed by atoms with van der Waals surface area (Å²) in [6, 6.07) is 6.40. The van der Waals surface area contributed by atoms with E-state index in [0.29, 0.717) is 23.8 Å². The van der Waals surface area contributed by atoms with Gasteiger partial charge in [0, 0.05) is 0 Å². The van der Waals surface area contributed by atoms with Crippen molar-refractivity contribution in [1.29, 1.82) is 0 Å². The van der Waals surface area contributed by atoms with E-state index in [1.165, 1.54) is 0 Å². The summed E-state index contributed by atoms with van der Waals surface area (Å²) >= 11 is 0. The van der Waals surface area contributed by atoms with E-state index in [1.807, 2.05) is 13.8 Å². The smallest absolute Gasteiger partial charge is 0.329 e. The number of imide groups is 1. The molecule has 0 spiro atoms. The van der Waals surface area contributed by atoms with E-state index in [9.17, 15) is 14.4 Å². The van der Waals surface area contributed by atoms with Gasteiger partial charge in [-0.15, -0.1) is 6.58 Å². The number of amides is 2. The Morgan fingerprint density at radius 2 is 1.77 bits per heavy atom. The SMILES string of the molecule is C=CCC(CC(C)C)C(=O)ON1C(=O)c2ccccc2C1=O. The summed E-state index contributed by atoms with van der Waals surface area (Å²) in [6.45, 7) is 7.61. The number of carbonyl (C=O) groups is 3. The molecule has 0 saturated carbocycles. The molecule has 0 N–H and O–H groups in total. The van der Waals surface area contributed by atoms with E-state index in [4.69, 9.17) is 4.84 Å². The Bertz CT molecular complexity index is 586. The summed E-state index contributed by atoms with van der Waals surface area (Å²) in [4.78, 5) is 41.6. The molecule has 5 nitrogen and oxygen atoms in total. The van der Waals surface area contributed by atoms with E-state index >= 15 is 0 Å². The molecule has 22 heavy (non-hydrogen) atoms. The zero-order valence-corrected chi connectivity index (χ0v) is 12.7. The number of hydroxylamine groups is 2. The van der Waals surface area contributed by atoms with Gasteiger partial charge in [-0.2, -0.15) is 0 Å². The minimum atomic E-state index is -0.601. The Morgan fingerprint density at radius 1 is 1.23 bits per heavy atom. The largest absolute Gasteiger partial charge is 0.336 e. The maximum atomic E-state index is 12.3. The summed E-state index contributed by atoms with van der Waals surface area (Å²) in [5.41, 5.74) is 0.508. The highest BCUT2D eigenvalue weighted by atomic mass is 16.7. The molecule has 2 amide bonds. The Kier molecular flexibility index (Phi) is 4.75. The Balaban J connectivity index is 2.14. The molecular formula is C17H19NO4. The van der Waals surface area contributed by atoms with E-state index in [2.05, 4.69) is 6.58 Å². The van der Waals surface area contributed by atoms with Crippen molar-refractivity contribution in [3.05, 3.63) is 48.0 Å². The van der Waals surface area contributed by atoms with Crippen LogP contribution in [0.25, 0.3) is 0 Å². The highest BCUT2D eigenvalue weighted by molar-refractivity contribution is 6.20. The van der Waals surface area contributed by atoms with Crippen molar-refractivity contribution < 1.29 is 19.2 Å². The fourth-order valence-corrected chi connectivity index (χ4v) is 2.47. The highest BCUT2D eigenvalue weighted by Crippen LogP contribution is 2.25. The fourth-order valence-electron chi connectivity index (χ4n) is 2.47. The van der Waals surface area contributed by atoms with Crippen LogP contribution in [0.1, 0.15) is 47.4 Å². The number of nitrogens with zero attached hydrogens (tertiary/aromatic N) is 1. The number of hydrogen-bond acceptors (Lipinski definition) is 4. The lowest BCUT2D eigenvalue weighted by atomic mass is 9.94. The normalized spacial score (nSPS) is 15.0. The van der Waals surface area contributed by atoms with Crippen molar-refractivity contribution in [2.24, 2.45) is 11.8 Å². The predicted octanol–water partition coefficient (Wildman–Crippen LogP) is 2.98. The van der Waals surface area contributed by atoms with Crippen molar-refractivity contribution >= 4 is 17.8 Å². The zero-order valence-electron chi connectivity index (χ0n) is 12.7. The molecule has 116 valence electrons. The summed E-state index contributed by atoms with van der Waals surface area (Å²) in [5, 5.41) is 0.559. The lowest BCUT2D eigenvalue weighted by molar-refractivity contribution is -0.174. The standard InChI is InChI=1S/C17H19NO4/c1-4-7-12(10-11(2)3)17(21)22-18-15(19)13-8-5-6-9-14(13)16(18)20/h4-6,8-9,11-12H,1,7,10H2,2-3H3. The van der Waals surface area contributed by atoms with Crippen LogP contribution in [0.5, 0.6) is 0 Å². The predicted molar refractivity (Wildman–Crippen MR) is 80.8 cm³/mol. The van der Waals surface area contributed by atoms with Crippen molar-refractivity contribution in [3.8, 4) is 0 Å². The van der Waals surface area contributed by atoms with Gasteiger partial charge in [-0.1, -0.05) is 37.1 Å². The summed E-state index contributed by atoms with van der Waals surface area (Å²) in [6.07, 6.45) is 2.69. The molecule has 0 bridgehead atoms. The monoisotopic (exact) mass is 301 g/mol. The second kappa shape index (κ2) is 6.56. The molecule has 1 heterocycles. The van der Waals surface area contributed by atoms with Gasteiger partial charge >= 0.3 is 5.97 Å². The van der Waals surface area contributed by atoms with Crippen LogP contribution >= 0.6 is 0 Å². The summed E-state index contributed by atoms with van der Waals surface area (Å²) < 4.78 is 0. The first kappa shape index (κ1) is 15.9. The van der Waals surface area contributed by atoms with Crippen molar-refractivity contribution in [1.82, 2.24) is 5.06 Å². The average Bonchev–Trinajstić information content (AvgIpc) is 2.72. The Morgan fingerprint density at radius 3 is 2.23 bits per heavy atom. The van der Waals surface area contributed by atoms with Gasteiger partial charge in [-0.25, -0.2) is 4.79 Å². The molecule has 0 aromatic heterocycles. The van der Waals surface area contributed by atoms with Crippen LogP contribution < -0.4 is 0 Å². The molecule has 1 aromatic rings. The number of rotatable bonds is 6. The van der Waals surface area contributed by atoms with Gasteiger partial charge < -0.3 is 4.84 Å². The molecule has 0 saturated heterocycles. The first-order chi connectivity index (χ1) is 10.5. The molecule has 2 rings (SSSR count). The second-order valence-corrected chi connectivity index (χ2v) is 5.71. The van der Waals surface area contributed by atoms with Crippen LogP contribution in [-0.2, 0) is 9.63 Å². The third kappa shape index (κ3) is 3.08. The van der Waals surface area contributed by atoms with Crippen LogP contribution in [0.2, 0.25) is 0 Å². The summed E-state index contributed by atoms with van der Waals surface area (Å²) in [7, 11) is 0. The second-order valence-electron chi connectivity index (χ2n) is 5.71. The number of hydrogen-bond donors (Lipinski definition) is 0. The van der Waals surface area contributed by atoms with Gasteiger partial charge in [0.25, 0.3) is 11.8 Å². The van der Waals surface area contributed by atoms with Crippen molar-refractivity contribution in [3.63, 3.8) is 0 Å². The molecule has 1 atom stereocenters. The van der Waals surface area contributed by atoms with Crippen LogP contribution in [0.15, 0.2) is 36.9 Å². The maximum Gasteiger partial charge on any atom is 0.336 e. The molecule has 5 heteroatoms. The third-order valence-electron chi connectivity index (χ3n) is 3.48. The van der Waals surface area contributed by atoms with E-state index in [-0.39, 0.29) is 11.1 Å². The van der Waals surface area contributed by atoms with Gasteiger partial charge in [-0.3, -0.25) is 9.59 Å². The van der Waals surface area contributed by atoms with Crippen LogP contribution in [0, 0.1) is 11.8 Å². The molecule has 1 aliphatic rings. The first-order valence-electron chi connectivity index (χ1n) is 7.26. The van der Waals surface area contributed by atoms with Gasteiger partial charge in [0.15, 0.2) is 0 Å². The number of allylic oxidation sites excluding steroid dienone is 1. The highest BCUT2D eigenvalue weighted by Gasteiger charge is 2.39. The van der Waals surface area contributed by atoms with Crippen molar-refractivity contribution in [2.75, 3.05) is 0 Å². The molecule has 0 fully saturated rings. The minimum Gasteiger partial charge on any atom is -0.329 e. The van der Waals surface area contributed by atoms with E-state index in [0.717, 1.165) is 0 Å². The van der Waals surface area contributed by atoms with Crippen LogP contribution in [0.4, 0.5) is 0 Å². The van der Waals surface area contributed by atoms with Crippen LogP contribution in [-0.4, -0.2) is 22.8 Å². The Hall–Kier alpha value is -2.43. The third-order valence-corrected chi connectivity index (χ3v) is 3.48. The summed E-state index contributed by atoms with van der Waals surface area (Å²) in [5.74, 6) is -1.91. The first-order valence-corrected chi connectivity index (χ1v) is 7.26. The van der Waals surface area contributed by atoms with Crippen molar-refractivity contribution in [2.45, 2.75) is 26.7 Å². The Labute approximate surface area is 129 Å². The van der Waals surface area contributed by atoms with Gasteiger partial charge in [0.2, 0.25) is 0 Å². The number of benzene rings is 1. The average molecular weight is 301 g/mol. The maximum absolute atomic E-state index is 12.3. The molecule has 1 aliphatic heterocycles. The molecule has 0 aliphatic carbocycles.